The predicted molar refractivity (Wildman–Crippen MR) is 130 cm³/mol. The molecular formula is C26H23BrN2O3. The average Bonchev–Trinajstić information content (AvgIpc) is 2.83. The summed E-state index contributed by atoms with van der Waals surface area (Å²) in [6, 6.07) is 22.7. The molecule has 0 saturated heterocycles. The Labute approximate surface area is 195 Å². The van der Waals surface area contributed by atoms with Crippen LogP contribution in [0.15, 0.2) is 77.3 Å². The summed E-state index contributed by atoms with van der Waals surface area (Å²) >= 11 is 3.51. The van der Waals surface area contributed by atoms with E-state index in [4.69, 9.17) is 14.5 Å². The molecule has 3 aromatic carbocycles. The van der Waals surface area contributed by atoms with E-state index in [-0.39, 0.29) is 11.9 Å². The minimum Gasteiger partial charge on any atom is -0.497 e. The molecule has 0 unspecified atom stereocenters. The molecule has 5 nitrogen and oxygen atoms in total. The maximum absolute atomic E-state index is 13.4. The fraction of sp³-hybridized carbons (Fsp3) is 0.154. The van der Waals surface area contributed by atoms with Gasteiger partial charge in [0.2, 0.25) is 0 Å². The van der Waals surface area contributed by atoms with Crippen LogP contribution in [0.5, 0.6) is 11.5 Å². The molecular weight excluding hydrogens is 468 g/mol. The number of nitrogens with one attached hydrogen (secondary N) is 1. The van der Waals surface area contributed by atoms with Crippen molar-refractivity contribution in [2.24, 2.45) is 0 Å². The molecule has 4 rings (SSSR count). The lowest BCUT2D eigenvalue weighted by Gasteiger charge is -2.17. The molecule has 6 heteroatoms. The summed E-state index contributed by atoms with van der Waals surface area (Å²) in [5, 5.41) is 3.89. The Morgan fingerprint density at radius 3 is 2.41 bits per heavy atom. The summed E-state index contributed by atoms with van der Waals surface area (Å²) in [5.74, 6) is 1.31. The number of carbonyl (C=O) groups is 1. The maximum Gasteiger partial charge on any atom is 0.252 e. The first-order valence-electron chi connectivity index (χ1n) is 10.2. The minimum absolute atomic E-state index is 0.171. The van der Waals surface area contributed by atoms with Crippen LogP contribution in [0, 0.1) is 0 Å². The van der Waals surface area contributed by atoms with Gasteiger partial charge in [-0.2, -0.15) is 0 Å². The fourth-order valence-corrected chi connectivity index (χ4v) is 3.95. The van der Waals surface area contributed by atoms with Gasteiger partial charge in [0.25, 0.3) is 5.91 Å². The van der Waals surface area contributed by atoms with Gasteiger partial charge in [-0.05, 0) is 61.0 Å². The van der Waals surface area contributed by atoms with Gasteiger partial charge in [-0.3, -0.25) is 4.79 Å². The number of hydrogen-bond acceptors (Lipinski definition) is 4. The average molecular weight is 491 g/mol. The zero-order chi connectivity index (χ0) is 22.7. The number of nitrogens with zero attached hydrogens (tertiary/aromatic N) is 1. The molecule has 0 aliphatic heterocycles. The molecule has 1 heterocycles. The number of fused-ring (bicyclic) bond motifs is 1. The quantitative estimate of drug-likeness (QED) is 0.350. The first-order valence-corrected chi connectivity index (χ1v) is 11.0. The second-order valence-electron chi connectivity index (χ2n) is 7.42. The van der Waals surface area contributed by atoms with Gasteiger partial charge in [-0.15, -0.1) is 0 Å². The van der Waals surface area contributed by atoms with Crippen molar-refractivity contribution in [2.75, 3.05) is 14.2 Å². The van der Waals surface area contributed by atoms with E-state index in [1.807, 2.05) is 79.7 Å². The van der Waals surface area contributed by atoms with Crippen LogP contribution in [0.4, 0.5) is 0 Å². The predicted octanol–water partition coefficient (Wildman–Crippen LogP) is 6.17. The summed E-state index contributed by atoms with van der Waals surface area (Å²) in [4.78, 5) is 18.2. The molecule has 0 saturated carbocycles. The molecule has 4 aromatic rings. The molecule has 0 bridgehead atoms. The largest absolute Gasteiger partial charge is 0.497 e. The Hall–Kier alpha value is -3.38. The van der Waals surface area contributed by atoms with Crippen LogP contribution in [0.3, 0.4) is 0 Å². The van der Waals surface area contributed by atoms with Crippen molar-refractivity contribution in [3.8, 4) is 22.8 Å². The molecule has 32 heavy (non-hydrogen) atoms. The zero-order valence-electron chi connectivity index (χ0n) is 18.1. The van der Waals surface area contributed by atoms with E-state index in [1.165, 1.54) is 0 Å². The van der Waals surface area contributed by atoms with Crippen LogP contribution < -0.4 is 14.8 Å². The lowest BCUT2D eigenvalue weighted by atomic mass is 10.0. The summed E-state index contributed by atoms with van der Waals surface area (Å²) in [7, 11) is 3.26. The van der Waals surface area contributed by atoms with Crippen molar-refractivity contribution >= 4 is 32.7 Å². The summed E-state index contributed by atoms with van der Waals surface area (Å²) in [6.07, 6.45) is 0. The van der Waals surface area contributed by atoms with Crippen LogP contribution in [0.1, 0.15) is 28.9 Å². The van der Waals surface area contributed by atoms with E-state index in [0.717, 1.165) is 38.0 Å². The second kappa shape index (κ2) is 9.40. The number of rotatable bonds is 6. The highest BCUT2D eigenvalue weighted by Gasteiger charge is 2.17. The van der Waals surface area contributed by atoms with E-state index in [9.17, 15) is 4.79 Å². The number of aromatic nitrogens is 1. The summed E-state index contributed by atoms with van der Waals surface area (Å²) < 4.78 is 11.6. The second-order valence-corrected chi connectivity index (χ2v) is 8.34. The molecule has 0 aliphatic carbocycles. The van der Waals surface area contributed by atoms with Gasteiger partial charge in [-0.25, -0.2) is 4.98 Å². The Bertz CT molecular complexity index is 1290. The Morgan fingerprint density at radius 1 is 0.938 bits per heavy atom. The third-order valence-electron chi connectivity index (χ3n) is 5.32. The molecule has 0 aliphatic rings. The number of ether oxygens (including phenoxy) is 2. The summed E-state index contributed by atoms with van der Waals surface area (Å²) in [6.45, 7) is 1.95. The van der Waals surface area contributed by atoms with Crippen molar-refractivity contribution in [2.45, 2.75) is 13.0 Å². The van der Waals surface area contributed by atoms with E-state index < -0.39 is 0 Å². The lowest BCUT2D eigenvalue weighted by molar-refractivity contribution is 0.0941. The molecule has 1 amide bonds. The highest BCUT2D eigenvalue weighted by molar-refractivity contribution is 9.10. The highest BCUT2D eigenvalue weighted by Crippen LogP contribution is 2.29. The number of pyridine rings is 1. The number of benzene rings is 3. The van der Waals surface area contributed by atoms with Gasteiger partial charge in [0.1, 0.15) is 11.5 Å². The Morgan fingerprint density at radius 2 is 1.66 bits per heavy atom. The topological polar surface area (TPSA) is 60.5 Å². The van der Waals surface area contributed by atoms with Gasteiger partial charge >= 0.3 is 0 Å². The van der Waals surface area contributed by atoms with Crippen LogP contribution in [0.2, 0.25) is 0 Å². The van der Waals surface area contributed by atoms with Gasteiger partial charge in [0.15, 0.2) is 0 Å². The van der Waals surface area contributed by atoms with Crippen molar-refractivity contribution in [1.82, 2.24) is 10.3 Å². The number of methoxy groups -OCH3 is 2. The van der Waals surface area contributed by atoms with Crippen LogP contribution in [-0.2, 0) is 0 Å². The SMILES string of the molecule is COc1cccc(-c2cc(C(=O)N[C@@H](C)c3cccc(OC)c3)c3cc(Br)ccc3n2)c1. The standard InChI is InChI=1S/C26H23BrN2O3/c1-16(17-6-4-8-20(12-17)31-2)28-26(30)23-15-25(18-7-5-9-21(13-18)32-3)29-24-11-10-19(27)14-22(23)24/h4-16H,1-3H3,(H,28,30)/t16-/m0/s1. The van der Waals surface area contributed by atoms with Crippen molar-refractivity contribution in [3.05, 3.63) is 88.4 Å². The molecule has 0 fully saturated rings. The molecule has 1 atom stereocenters. The van der Waals surface area contributed by atoms with Crippen LogP contribution in [0.25, 0.3) is 22.2 Å². The first kappa shape index (κ1) is 21.8. The number of halogens is 1. The third kappa shape index (κ3) is 4.60. The number of hydrogen-bond donors (Lipinski definition) is 1. The van der Waals surface area contributed by atoms with Gasteiger partial charge in [0, 0.05) is 15.4 Å². The van der Waals surface area contributed by atoms with Crippen molar-refractivity contribution in [3.63, 3.8) is 0 Å². The highest BCUT2D eigenvalue weighted by atomic mass is 79.9. The van der Waals surface area contributed by atoms with Gasteiger partial charge < -0.3 is 14.8 Å². The fourth-order valence-electron chi connectivity index (χ4n) is 3.58. The van der Waals surface area contributed by atoms with E-state index in [0.29, 0.717) is 11.3 Å². The molecule has 0 radical (unpaired) electrons. The lowest BCUT2D eigenvalue weighted by Crippen LogP contribution is -2.27. The Kier molecular flexibility index (Phi) is 6.42. The third-order valence-corrected chi connectivity index (χ3v) is 5.82. The van der Waals surface area contributed by atoms with Crippen LogP contribution >= 0.6 is 15.9 Å². The molecule has 1 aromatic heterocycles. The number of amides is 1. The number of carbonyl (C=O) groups excluding carboxylic acids is 1. The normalized spacial score (nSPS) is 11.8. The maximum atomic E-state index is 13.4. The van der Waals surface area contributed by atoms with E-state index in [1.54, 1.807) is 14.2 Å². The van der Waals surface area contributed by atoms with Gasteiger partial charge in [-0.1, -0.05) is 40.2 Å². The summed E-state index contributed by atoms with van der Waals surface area (Å²) in [5.41, 5.74) is 3.85. The smallest absolute Gasteiger partial charge is 0.252 e. The molecule has 162 valence electrons. The Balaban J connectivity index is 1.75. The van der Waals surface area contributed by atoms with Crippen molar-refractivity contribution < 1.29 is 14.3 Å². The van der Waals surface area contributed by atoms with Gasteiger partial charge in [0.05, 0.1) is 37.0 Å². The van der Waals surface area contributed by atoms with E-state index in [2.05, 4.69) is 21.2 Å². The first-order chi connectivity index (χ1) is 15.5. The monoisotopic (exact) mass is 490 g/mol. The minimum atomic E-state index is -0.201. The molecule has 0 spiro atoms. The zero-order valence-corrected chi connectivity index (χ0v) is 19.6. The van der Waals surface area contributed by atoms with E-state index >= 15 is 0 Å². The molecule has 1 N–H and O–H groups in total. The van der Waals surface area contributed by atoms with Crippen molar-refractivity contribution in [1.29, 1.82) is 0 Å². The van der Waals surface area contributed by atoms with Crippen LogP contribution in [-0.4, -0.2) is 25.1 Å².